The van der Waals surface area contributed by atoms with Crippen molar-refractivity contribution in [3.63, 3.8) is 0 Å². The summed E-state index contributed by atoms with van der Waals surface area (Å²) in [4.78, 5) is 3.48. The Morgan fingerprint density at radius 1 is 1.31 bits per heavy atom. The van der Waals surface area contributed by atoms with Gasteiger partial charge in [0.05, 0.1) is 12.6 Å². The highest BCUT2D eigenvalue weighted by molar-refractivity contribution is 5.64. The van der Waals surface area contributed by atoms with E-state index in [1.54, 1.807) is 30.3 Å². The van der Waals surface area contributed by atoms with E-state index in [-0.39, 0.29) is 12.8 Å². The largest absolute Gasteiger partial charge is 0.426 e. The molecular weight excluding hydrogens is 219 g/mol. The molecule has 0 saturated heterocycles. The normalized spacial score (nSPS) is 14.2. The van der Waals surface area contributed by atoms with Crippen molar-refractivity contribution >= 4 is 6.21 Å². The van der Waals surface area contributed by atoms with Crippen LogP contribution < -0.4 is 0 Å². The van der Waals surface area contributed by atoms with Gasteiger partial charge in [0.1, 0.15) is 6.21 Å². The van der Waals surface area contributed by atoms with E-state index < -0.39 is 12.2 Å². The van der Waals surface area contributed by atoms with E-state index in [4.69, 9.17) is 4.74 Å². The van der Waals surface area contributed by atoms with Gasteiger partial charge >= 0.3 is 6.18 Å². The Balaban J connectivity index is 2.80. The maximum Gasteiger partial charge on any atom is 0.426 e. The van der Waals surface area contributed by atoms with Crippen LogP contribution in [0.5, 0.6) is 0 Å². The number of alkyl halides is 3. The van der Waals surface area contributed by atoms with Crippen LogP contribution in [0.2, 0.25) is 0 Å². The Kier molecular flexibility index (Phi) is 4.49. The summed E-state index contributed by atoms with van der Waals surface area (Å²) in [7, 11) is 1.43. The van der Waals surface area contributed by atoms with E-state index in [9.17, 15) is 13.2 Å². The molecule has 0 fully saturated rings. The molecular formula is C11H12F3NO. The number of halogens is 3. The van der Waals surface area contributed by atoms with E-state index in [2.05, 4.69) is 4.99 Å². The number of methoxy groups -OCH3 is 1. The molecule has 0 aromatic heterocycles. The lowest BCUT2D eigenvalue weighted by Crippen LogP contribution is -2.12. The summed E-state index contributed by atoms with van der Waals surface area (Å²) in [6.07, 6.45) is -4.38. The summed E-state index contributed by atoms with van der Waals surface area (Å²) in [5, 5.41) is 0. The fraction of sp³-hybridized carbons (Fsp3) is 0.364. The van der Waals surface area contributed by atoms with Gasteiger partial charge in [-0.1, -0.05) is 30.3 Å². The lowest BCUT2D eigenvalue weighted by molar-refractivity contribution is -0.0540. The van der Waals surface area contributed by atoms with Crippen LogP contribution >= 0.6 is 0 Å². The number of ether oxygens (including phenoxy) is 1. The van der Waals surface area contributed by atoms with Crippen LogP contribution in [0, 0.1) is 0 Å². The Hall–Kier alpha value is -1.36. The van der Waals surface area contributed by atoms with Gasteiger partial charge in [0.25, 0.3) is 0 Å². The van der Waals surface area contributed by atoms with Gasteiger partial charge in [-0.25, -0.2) is 0 Å². The Labute approximate surface area is 91.8 Å². The zero-order valence-electron chi connectivity index (χ0n) is 8.74. The van der Waals surface area contributed by atoms with Crippen molar-refractivity contribution in [3.8, 4) is 0 Å². The molecule has 0 saturated carbocycles. The van der Waals surface area contributed by atoms with E-state index >= 15 is 0 Å². The first kappa shape index (κ1) is 12.7. The Morgan fingerprint density at radius 2 is 1.94 bits per heavy atom. The van der Waals surface area contributed by atoms with Gasteiger partial charge in [0, 0.05) is 7.11 Å². The molecule has 88 valence electrons. The summed E-state index contributed by atoms with van der Waals surface area (Å²) < 4.78 is 40.8. The Bertz CT molecular complexity index is 335. The molecule has 0 aliphatic rings. The molecule has 0 unspecified atom stereocenters. The molecule has 1 atom stereocenters. The van der Waals surface area contributed by atoms with Crippen LogP contribution in [0.1, 0.15) is 11.6 Å². The highest BCUT2D eigenvalue weighted by Gasteiger charge is 2.24. The van der Waals surface area contributed by atoms with E-state index in [1.165, 1.54) is 7.11 Å². The molecule has 5 heteroatoms. The van der Waals surface area contributed by atoms with E-state index in [0.717, 1.165) is 0 Å². The van der Waals surface area contributed by atoms with Crippen LogP contribution in [0.25, 0.3) is 0 Å². The SMILES string of the molecule is COC[C@H](N=CC(F)(F)F)c1ccccc1. The fourth-order valence-corrected chi connectivity index (χ4v) is 1.23. The summed E-state index contributed by atoms with van der Waals surface area (Å²) >= 11 is 0. The first-order valence-corrected chi connectivity index (χ1v) is 4.68. The average molecular weight is 231 g/mol. The Morgan fingerprint density at radius 3 is 2.44 bits per heavy atom. The van der Waals surface area contributed by atoms with Crippen molar-refractivity contribution < 1.29 is 17.9 Å². The first-order valence-electron chi connectivity index (χ1n) is 4.68. The standard InChI is InChI=1S/C11H12F3NO/c1-16-7-10(15-8-11(12,13)14)9-5-3-2-4-6-9/h2-6,8,10H,7H2,1H3/t10-/m0/s1. The molecule has 0 spiro atoms. The number of benzene rings is 1. The predicted molar refractivity (Wildman–Crippen MR) is 55.6 cm³/mol. The van der Waals surface area contributed by atoms with Crippen molar-refractivity contribution in [3.05, 3.63) is 35.9 Å². The van der Waals surface area contributed by atoms with Gasteiger partial charge in [-0.15, -0.1) is 0 Å². The highest BCUT2D eigenvalue weighted by Crippen LogP contribution is 2.19. The third-order valence-corrected chi connectivity index (χ3v) is 1.91. The second-order valence-electron chi connectivity index (χ2n) is 3.20. The van der Waals surface area contributed by atoms with E-state index in [0.29, 0.717) is 5.56 Å². The van der Waals surface area contributed by atoms with Gasteiger partial charge in [-0.2, -0.15) is 13.2 Å². The van der Waals surface area contributed by atoms with E-state index in [1.807, 2.05) is 0 Å². The molecule has 2 nitrogen and oxygen atoms in total. The minimum Gasteiger partial charge on any atom is -0.382 e. The van der Waals surface area contributed by atoms with Gasteiger partial charge in [0.15, 0.2) is 0 Å². The maximum atomic E-state index is 12.0. The van der Waals surface area contributed by atoms with Gasteiger partial charge in [0.2, 0.25) is 0 Å². The minimum absolute atomic E-state index is 0.00366. The number of aliphatic imine (C=N–C) groups is 1. The second kappa shape index (κ2) is 5.65. The van der Waals surface area contributed by atoms with Crippen LogP contribution in [0.15, 0.2) is 35.3 Å². The van der Waals surface area contributed by atoms with Crippen molar-refractivity contribution in [1.82, 2.24) is 0 Å². The lowest BCUT2D eigenvalue weighted by Gasteiger charge is -2.11. The molecule has 0 amide bonds. The van der Waals surface area contributed by atoms with Crippen molar-refractivity contribution in [2.24, 2.45) is 4.99 Å². The molecule has 1 rings (SSSR count). The summed E-state index contributed by atoms with van der Waals surface area (Å²) in [5.74, 6) is 0. The third-order valence-electron chi connectivity index (χ3n) is 1.91. The van der Waals surface area contributed by atoms with Crippen LogP contribution in [-0.4, -0.2) is 26.1 Å². The topological polar surface area (TPSA) is 21.6 Å². The molecule has 0 bridgehead atoms. The zero-order chi connectivity index (χ0) is 12.0. The summed E-state index contributed by atoms with van der Waals surface area (Å²) in [6.45, 7) is 0.122. The number of nitrogens with zero attached hydrogens (tertiary/aromatic N) is 1. The molecule has 1 aromatic carbocycles. The monoisotopic (exact) mass is 231 g/mol. The van der Waals surface area contributed by atoms with Crippen molar-refractivity contribution in [2.45, 2.75) is 12.2 Å². The van der Waals surface area contributed by atoms with Gasteiger partial charge in [-0.3, -0.25) is 4.99 Å². The summed E-state index contributed by atoms with van der Waals surface area (Å²) in [6, 6.07) is 8.12. The lowest BCUT2D eigenvalue weighted by atomic mass is 10.1. The quantitative estimate of drug-likeness (QED) is 0.730. The van der Waals surface area contributed by atoms with Crippen LogP contribution in [0.4, 0.5) is 13.2 Å². The van der Waals surface area contributed by atoms with Crippen molar-refractivity contribution in [2.75, 3.05) is 13.7 Å². The number of hydrogen-bond donors (Lipinski definition) is 0. The second-order valence-corrected chi connectivity index (χ2v) is 3.20. The molecule has 1 aromatic rings. The third kappa shape index (κ3) is 4.44. The number of hydrogen-bond acceptors (Lipinski definition) is 2. The molecule has 0 heterocycles. The highest BCUT2D eigenvalue weighted by atomic mass is 19.4. The number of rotatable bonds is 4. The average Bonchev–Trinajstić information content (AvgIpc) is 2.24. The van der Waals surface area contributed by atoms with Gasteiger partial charge < -0.3 is 4.74 Å². The molecule has 0 radical (unpaired) electrons. The predicted octanol–water partition coefficient (Wildman–Crippen LogP) is 3.01. The zero-order valence-corrected chi connectivity index (χ0v) is 8.74. The van der Waals surface area contributed by atoms with Crippen molar-refractivity contribution in [1.29, 1.82) is 0 Å². The molecule has 0 N–H and O–H groups in total. The molecule has 16 heavy (non-hydrogen) atoms. The maximum absolute atomic E-state index is 12.0. The molecule has 0 aliphatic heterocycles. The first-order chi connectivity index (χ1) is 7.53. The van der Waals surface area contributed by atoms with Gasteiger partial charge in [-0.05, 0) is 5.56 Å². The summed E-state index contributed by atoms with van der Waals surface area (Å²) in [5.41, 5.74) is 0.699. The van der Waals surface area contributed by atoms with Crippen LogP contribution in [-0.2, 0) is 4.74 Å². The molecule has 0 aliphatic carbocycles. The van der Waals surface area contributed by atoms with Crippen LogP contribution in [0.3, 0.4) is 0 Å². The smallest absolute Gasteiger partial charge is 0.382 e. The minimum atomic E-state index is -4.39. The fourth-order valence-electron chi connectivity index (χ4n) is 1.23.